The van der Waals surface area contributed by atoms with Crippen LogP contribution in [0.4, 0.5) is 0 Å². The van der Waals surface area contributed by atoms with Crippen LogP contribution in [0.1, 0.15) is 157 Å². The van der Waals surface area contributed by atoms with Crippen molar-refractivity contribution in [2.75, 3.05) is 78.5 Å². The molecule has 0 aromatic heterocycles. The van der Waals surface area contributed by atoms with Crippen LogP contribution in [-0.4, -0.2) is 90.6 Å². The Kier molecular flexibility index (Phi) is 22.4. The van der Waals surface area contributed by atoms with Gasteiger partial charge in [-0.1, -0.05) is 53.9 Å². The summed E-state index contributed by atoms with van der Waals surface area (Å²) >= 11 is 0. The van der Waals surface area contributed by atoms with E-state index in [1.54, 1.807) is 0 Å². The van der Waals surface area contributed by atoms with Gasteiger partial charge in [0.1, 0.15) is 0 Å². The quantitative estimate of drug-likeness (QED) is 0.0354. The number of hydrogen-bond acceptors (Lipinski definition) is 8. The Labute approximate surface area is 341 Å². The third kappa shape index (κ3) is 14.7. The van der Waals surface area contributed by atoms with Crippen molar-refractivity contribution in [2.45, 2.75) is 169 Å². The number of hydrogen-bond donors (Lipinski definition) is 8. The van der Waals surface area contributed by atoms with Crippen molar-refractivity contribution < 1.29 is 0 Å². The van der Waals surface area contributed by atoms with Crippen molar-refractivity contribution in [3.05, 3.63) is 0 Å². The maximum Gasteiger partial charge on any atom is 0.0104 e. The summed E-state index contributed by atoms with van der Waals surface area (Å²) < 4.78 is 0. The van der Waals surface area contributed by atoms with Crippen LogP contribution < -0.4 is 43.4 Å². The third-order valence-corrected chi connectivity index (χ3v) is 15.8. The maximum absolute atomic E-state index is 5.62. The Hall–Kier alpha value is -0.320. The lowest BCUT2D eigenvalue weighted by Gasteiger charge is -2.63. The molecule has 324 valence electrons. The third-order valence-electron chi connectivity index (χ3n) is 15.8. The number of nitrogens with one attached hydrogen (secondary N) is 6. The van der Waals surface area contributed by atoms with Crippen LogP contribution >= 0.6 is 0 Å². The topological polar surface area (TPSA) is 124 Å². The SMILES string of the molecule is CC(C)CCC[C@@H](C)[C@H]1CC[C@H]2[C@@H]3[C@H](NCCCNCCCCNCCCN)C[C@H]4C[C@H](NCCCNCCCCNCCCN)CC[C@]4(C)[C@H]3CC[C@]12C. The first-order valence-corrected chi connectivity index (χ1v) is 24.4. The van der Waals surface area contributed by atoms with E-state index in [1.807, 2.05) is 0 Å². The molecule has 0 aliphatic heterocycles. The minimum atomic E-state index is 0.519. The van der Waals surface area contributed by atoms with E-state index in [1.165, 1.54) is 116 Å². The molecule has 0 amide bonds. The summed E-state index contributed by atoms with van der Waals surface area (Å²) in [6, 6.07) is 1.40. The summed E-state index contributed by atoms with van der Waals surface area (Å²) in [7, 11) is 0. The molecule has 4 fully saturated rings. The molecule has 0 aromatic rings. The highest BCUT2D eigenvalue weighted by atomic mass is 15.0. The summed E-state index contributed by atoms with van der Waals surface area (Å²) in [6.45, 7) is 25.8. The van der Waals surface area contributed by atoms with Gasteiger partial charge in [-0.15, -0.1) is 0 Å². The summed E-state index contributed by atoms with van der Waals surface area (Å²) in [5.74, 6) is 6.16. The van der Waals surface area contributed by atoms with E-state index in [-0.39, 0.29) is 0 Å². The average Bonchev–Trinajstić information content (AvgIpc) is 3.53. The highest BCUT2D eigenvalue weighted by molar-refractivity contribution is 5.13. The molecule has 0 heterocycles. The van der Waals surface area contributed by atoms with Crippen LogP contribution in [0.25, 0.3) is 0 Å². The van der Waals surface area contributed by atoms with Crippen molar-refractivity contribution >= 4 is 0 Å². The second-order valence-corrected chi connectivity index (χ2v) is 20.2. The molecule has 0 spiro atoms. The summed E-state index contributed by atoms with van der Waals surface area (Å²) in [6.07, 6.45) is 25.5. The van der Waals surface area contributed by atoms with Gasteiger partial charge in [-0.25, -0.2) is 0 Å². The van der Waals surface area contributed by atoms with Gasteiger partial charge < -0.3 is 43.4 Å². The predicted octanol–water partition coefficient (Wildman–Crippen LogP) is 7.03. The molecule has 4 aliphatic carbocycles. The zero-order valence-corrected chi connectivity index (χ0v) is 37.3. The van der Waals surface area contributed by atoms with E-state index in [9.17, 15) is 0 Å². The molecular formula is C47H96N8. The molecule has 0 unspecified atom stereocenters. The van der Waals surface area contributed by atoms with Gasteiger partial charge in [0.2, 0.25) is 0 Å². The van der Waals surface area contributed by atoms with Gasteiger partial charge in [-0.3, -0.25) is 0 Å². The normalized spacial score (nSPS) is 32.4. The molecular weight excluding hydrogens is 677 g/mol. The van der Waals surface area contributed by atoms with Gasteiger partial charge in [0.25, 0.3) is 0 Å². The highest BCUT2D eigenvalue weighted by Gasteiger charge is 2.62. The lowest BCUT2D eigenvalue weighted by Crippen LogP contribution is -2.62. The Bertz CT molecular complexity index is 981. The number of unbranched alkanes of at least 4 members (excludes halogenated alkanes) is 2. The molecule has 0 radical (unpaired) electrons. The lowest BCUT2D eigenvalue weighted by molar-refractivity contribution is -0.131. The van der Waals surface area contributed by atoms with Gasteiger partial charge in [0, 0.05) is 12.1 Å². The van der Waals surface area contributed by atoms with Crippen molar-refractivity contribution in [2.24, 2.45) is 63.7 Å². The van der Waals surface area contributed by atoms with Crippen molar-refractivity contribution in [3.63, 3.8) is 0 Å². The Morgan fingerprint density at radius 1 is 0.527 bits per heavy atom. The van der Waals surface area contributed by atoms with E-state index in [4.69, 9.17) is 11.5 Å². The molecule has 10 atom stereocenters. The zero-order chi connectivity index (χ0) is 39.4. The van der Waals surface area contributed by atoms with Gasteiger partial charge >= 0.3 is 0 Å². The number of nitrogens with two attached hydrogens (primary N) is 2. The van der Waals surface area contributed by atoms with Crippen molar-refractivity contribution in [1.29, 1.82) is 0 Å². The van der Waals surface area contributed by atoms with E-state index >= 15 is 0 Å². The predicted molar refractivity (Wildman–Crippen MR) is 239 cm³/mol. The molecule has 10 N–H and O–H groups in total. The molecule has 0 bridgehead atoms. The van der Waals surface area contributed by atoms with Gasteiger partial charge in [-0.2, -0.15) is 0 Å². The van der Waals surface area contributed by atoms with Crippen LogP contribution in [0.3, 0.4) is 0 Å². The van der Waals surface area contributed by atoms with Crippen LogP contribution in [0, 0.1) is 52.3 Å². The second-order valence-electron chi connectivity index (χ2n) is 20.2. The molecule has 8 heteroatoms. The largest absolute Gasteiger partial charge is 0.330 e. The van der Waals surface area contributed by atoms with E-state index in [0.717, 1.165) is 126 Å². The van der Waals surface area contributed by atoms with E-state index in [2.05, 4.69) is 66.5 Å². The summed E-state index contributed by atoms with van der Waals surface area (Å²) in [5.41, 5.74) is 12.3. The highest BCUT2D eigenvalue weighted by Crippen LogP contribution is 2.68. The Morgan fingerprint density at radius 2 is 1.05 bits per heavy atom. The van der Waals surface area contributed by atoms with Crippen molar-refractivity contribution in [1.82, 2.24) is 31.9 Å². The molecule has 55 heavy (non-hydrogen) atoms. The second kappa shape index (κ2) is 26.0. The van der Waals surface area contributed by atoms with Gasteiger partial charge in [0.15, 0.2) is 0 Å². The van der Waals surface area contributed by atoms with Crippen LogP contribution in [-0.2, 0) is 0 Å². The molecule has 0 saturated heterocycles. The standard InChI is InChI=1S/C47H96N8/c1-37(2)15-10-16-38(3)41-17-18-42-45-43(20-22-47(41,42)5)46(4)21-19-40(54-33-13-31-52-27-8-6-25-50-29-11-23-48)35-39(46)36-44(45)55-34-14-32-53-28-9-7-26-51-30-12-24-49/h37-45,50-55H,6-36,48-49H2,1-5H3/t38-,39-,40-,41-,42+,43+,44-,45+,46+,47-/m1/s1. The molecule has 4 rings (SSSR count). The fourth-order valence-electron chi connectivity index (χ4n) is 12.7. The zero-order valence-electron chi connectivity index (χ0n) is 37.3. The van der Waals surface area contributed by atoms with Gasteiger partial charge in [-0.05, 0) is 234 Å². The first kappa shape index (κ1) is 47.4. The minimum absolute atomic E-state index is 0.519. The smallest absolute Gasteiger partial charge is 0.0104 e. The van der Waals surface area contributed by atoms with Crippen LogP contribution in [0.2, 0.25) is 0 Å². The maximum atomic E-state index is 5.62. The minimum Gasteiger partial charge on any atom is -0.330 e. The average molecular weight is 773 g/mol. The molecule has 8 nitrogen and oxygen atoms in total. The molecule has 4 aliphatic rings. The summed E-state index contributed by atoms with van der Waals surface area (Å²) in [5, 5.41) is 22.9. The lowest BCUT2D eigenvalue weighted by atomic mass is 9.43. The fraction of sp³-hybridized carbons (Fsp3) is 1.00. The fourth-order valence-corrected chi connectivity index (χ4v) is 12.7. The van der Waals surface area contributed by atoms with E-state index < -0.39 is 0 Å². The first-order chi connectivity index (χ1) is 26.7. The monoisotopic (exact) mass is 773 g/mol. The molecule has 4 saturated carbocycles. The van der Waals surface area contributed by atoms with Crippen LogP contribution in [0.15, 0.2) is 0 Å². The Balaban J connectivity index is 1.27. The Morgan fingerprint density at radius 3 is 1.64 bits per heavy atom. The summed E-state index contributed by atoms with van der Waals surface area (Å²) in [4.78, 5) is 0. The number of rotatable bonds is 31. The van der Waals surface area contributed by atoms with E-state index in [0.29, 0.717) is 22.9 Å². The van der Waals surface area contributed by atoms with Crippen LogP contribution in [0.5, 0.6) is 0 Å². The first-order valence-electron chi connectivity index (χ1n) is 24.4. The van der Waals surface area contributed by atoms with Crippen molar-refractivity contribution in [3.8, 4) is 0 Å². The van der Waals surface area contributed by atoms with Gasteiger partial charge in [0.05, 0.1) is 0 Å². The molecule has 0 aromatic carbocycles. The number of fused-ring (bicyclic) bond motifs is 5.